The first-order chi connectivity index (χ1) is 17.0. The van der Waals surface area contributed by atoms with Crippen LogP contribution >= 0.6 is 0 Å². The quantitative estimate of drug-likeness (QED) is 0.401. The number of alkyl carbamates (subject to hydrolysis) is 1. The minimum atomic E-state index is -1.12. The molecule has 2 amide bonds. The number of carboxylic acid groups (broad SMARTS) is 1. The first kappa shape index (κ1) is 24.0. The lowest BCUT2D eigenvalue weighted by molar-refractivity contribution is -0.139. The number of hydrogen-bond acceptors (Lipinski definition) is 6. The van der Waals surface area contributed by atoms with Gasteiger partial charge in [-0.15, -0.1) is 0 Å². The predicted octanol–water partition coefficient (Wildman–Crippen LogP) is 4.09. The molecule has 4 rings (SSSR count). The van der Waals surface area contributed by atoms with Gasteiger partial charge in [0.25, 0.3) is 5.91 Å². The monoisotopic (exact) mass is 477 g/mol. The molecule has 1 aromatic heterocycles. The van der Waals surface area contributed by atoms with Gasteiger partial charge in [-0.1, -0.05) is 68.3 Å². The Balaban J connectivity index is 1.34. The lowest BCUT2D eigenvalue weighted by Gasteiger charge is -2.15. The molecule has 3 aromatic rings. The Labute approximate surface area is 202 Å². The largest absolute Gasteiger partial charge is 0.480 e. The molecule has 0 bridgehead atoms. The van der Waals surface area contributed by atoms with Crippen molar-refractivity contribution < 1.29 is 28.6 Å². The van der Waals surface area contributed by atoms with Crippen molar-refractivity contribution in [3.05, 3.63) is 77.5 Å². The van der Waals surface area contributed by atoms with Crippen molar-refractivity contribution in [2.45, 2.75) is 44.7 Å². The molecule has 1 heterocycles. The van der Waals surface area contributed by atoms with Gasteiger partial charge in [-0.3, -0.25) is 4.79 Å². The highest BCUT2D eigenvalue weighted by molar-refractivity contribution is 5.95. The fraction of sp³-hybridized carbons (Fsp3) is 0.308. The number of oxazole rings is 1. The Morgan fingerprint density at radius 1 is 1.09 bits per heavy atom. The molecule has 0 aliphatic heterocycles. The number of unbranched alkanes of at least 4 members (excludes halogenated alkanes) is 1. The summed E-state index contributed by atoms with van der Waals surface area (Å²) in [7, 11) is 0. The second-order valence-corrected chi connectivity index (χ2v) is 8.31. The summed E-state index contributed by atoms with van der Waals surface area (Å²) in [5, 5.41) is 14.4. The summed E-state index contributed by atoms with van der Waals surface area (Å²) >= 11 is 0. The molecule has 0 fully saturated rings. The van der Waals surface area contributed by atoms with E-state index in [1.807, 2.05) is 43.3 Å². The van der Waals surface area contributed by atoms with Crippen LogP contribution in [0.3, 0.4) is 0 Å². The predicted molar refractivity (Wildman–Crippen MR) is 127 cm³/mol. The van der Waals surface area contributed by atoms with E-state index in [-0.39, 0.29) is 30.5 Å². The normalized spacial score (nSPS) is 12.9. The van der Waals surface area contributed by atoms with Gasteiger partial charge in [-0.25, -0.2) is 14.6 Å². The maximum absolute atomic E-state index is 12.5. The van der Waals surface area contributed by atoms with Crippen LogP contribution in [0.2, 0.25) is 0 Å². The van der Waals surface area contributed by atoms with Crippen molar-refractivity contribution in [3.8, 4) is 11.1 Å². The van der Waals surface area contributed by atoms with Crippen LogP contribution in [-0.4, -0.2) is 40.7 Å². The Morgan fingerprint density at radius 2 is 1.74 bits per heavy atom. The molecule has 1 aliphatic rings. The van der Waals surface area contributed by atoms with E-state index in [0.29, 0.717) is 12.8 Å². The number of carbonyl (C=O) groups excluding carboxylic acids is 2. The number of aromatic nitrogens is 1. The van der Waals surface area contributed by atoms with Crippen LogP contribution in [0.15, 0.2) is 59.3 Å². The highest BCUT2D eigenvalue weighted by Gasteiger charge is 2.29. The molecule has 9 heteroatoms. The summed E-state index contributed by atoms with van der Waals surface area (Å²) in [5.74, 6) is -1.76. The zero-order chi connectivity index (χ0) is 24.8. The van der Waals surface area contributed by atoms with E-state index in [4.69, 9.17) is 9.15 Å². The van der Waals surface area contributed by atoms with E-state index in [0.717, 1.165) is 35.1 Å². The van der Waals surface area contributed by atoms with Gasteiger partial charge < -0.3 is 24.9 Å². The number of rotatable bonds is 10. The van der Waals surface area contributed by atoms with Crippen molar-refractivity contribution in [2.75, 3.05) is 6.61 Å². The van der Waals surface area contributed by atoms with E-state index in [1.165, 1.54) is 0 Å². The number of carbonyl (C=O) groups is 3. The van der Waals surface area contributed by atoms with Crippen LogP contribution in [0.25, 0.3) is 11.1 Å². The average molecular weight is 478 g/mol. The molecule has 35 heavy (non-hydrogen) atoms. The van der Waals surface area contributed by atoms with Crippen molar-refractivity contribution in [3.63, 3.8) is 0 Å². The number of benzene rings is 2. The Kier molecular flexibility index (Phi) is 7.45. The molecular formula is C26H27N3O6. The number of ether oxygens (including phenoxy) is 1. The molecule has 2 aromatic carbocycles. The molecule has 9 nitrogen and oxygen atoms in total. The number of nitrogens with one attached hydrogen (secondary N) is 2. The van der Waals surface area contributed by atoms with Crippen molar-refractivity contribution in [2.24, 2.45) is 0 Å². The molecular weight excluding hydrogens is 450 g/mol. The topological polar surface area (TPSA) is 131 Å². The highest BCUT2D eigenvalue weighted by Crippen LogP contribution is 2.44. The van der Waals surface area contributed by atoms with Gasteiger partial charge in [-0.05, 0) is 28.7 Å². The molecule has 3 N–H and O–H groups in total. The minimum absolute atomic E-state index is 0.0733. The van der Waals surface area contributed by atoms with Crippen LogP contribution in [0.5, 0.6) is 0 Å². The van der Waals surface area contributed by atoms with E-state index in [9.17, 15) is 19.5 Å². The van der Waals surface area contributed by atoms with Gasteiger partial charge in [0.1, 0.15) is 12.6 Å². The summed E-state index contributed by atoms with van der Waals surface area (Å²) in [6.07, 6.45) is 2.18. The van der Waals surface area contributed by atoms with Gasteiger partial charge in [0.05, 0.1) is 6.54 Å². The smallest absolute Gasteiger partial charge is 0.407 e. The second kappa shape index (κ2) is 10.9. The maximum atomic E-state index is 12.5. The molecule has 182 valence electrons. The number of amides is 2. The number of nitrogens with zero attached hydrogens (tertiary/aromatic N) is 1. The lowest BCUT2D eigenvalue weighted by atomic mass is 9.98. The first-order valence-corrected chi connectivity index (χ1v) is 11.5. The molecule has 0 radical (unpaired) electrons. The lowest BCUT2D eigenvalue weighted by Crippen LogP contribution is -2.41. The number of hydrogen-bond donors (Lipinski definition) is 3. The van der Waals surface area contributed by atoms with Gasteiger partial charge >= 0.3 is 12.1 Å². The van der Waals surface area contributed by atoms with Crippen molar-refractivity contribution in [1.82, 2.24) is 15.6 Å². The van der Waals surface area contributed by atoms with E-state index in [1.54, 1.807) is 0 Å². The third-order valence-corrected chi connectivity index (χ3v) is 6.04. The summed E-state index contributed by atoms with van der Waals surface area (Å²) < 4.78 is 10.7. The van der Waals surface area contributed by atoms with Crippen LogP contribution in [0.4, 0.5) is 4.79 Å². The summed E-state index contributed by atoms with van der Waals surface area (Å²) in [5.41, 5.74) is 4.39. The van der Waals surface area contributed by atoms with E-state index >= 15 is 0 Å². The van der Waals surface area contributed by atoms with Crippen LogP contribution in [0, 0.1) is 0 Å². The second-order valence-electron chi connectivity index (χ2n) is 8.31. The maximum Gasteiger partial charge on any atom is 0.407 e. The Hall–Kier alpha value is -4.14. The molecule has 0 unspecified atom stereocenters. The third kappa shape index (κ3) is 5.34. The van der Waals surface area contributed by atoms with Gasteiger partial charge in [0.2, 0.25) is 0 Å². The van der Waals surface area contributed by atoms with Crippen molar-refractivity contribution >= 4 is 18.0 Å². The van der Waals surface area contributed by atoms with E-state index < -0.39 is 24.0 Å². The van der Waals surface area contributed by atoms with Crippen molar-refractivity contribution in [1.29, 1.82) is 0 Å². The summed E-state index contributed by atoms with van der Waals surface area (Å²) in [6.45, 7) is 1.96. The zero-order valence-corrected chi connectivity index (χ0v) is 19.3. The molecule has 1 aliphatic carbocycles. The number of aliphatic carboxylic acids is 1. The Morgan fingerprint density at radius 3 is 2.37 bits per heavy atom. The summed E-state index contributed by atoms with van der Waals surface area (Å²) in [4.78, 5) is 40.2. The van der Waals surface area contributed by atoms with Crippen LogP contribution in [0.1, 0.15) is 59.5 Å². The zero-order valence-electron chi connectivity index (χ0n) is 19.3. The third-order valence-electron chi connectivity index (χ3n) is 6.04. The molecule has 0 saturated carbocycles. The Bertz CT molecular complexity index is 1180. The fourth-order valence-electron chi connectivity index (χ4n) is 4.28. The van der Waals surface area contributed by atoms with Gasteiger partial charge in [-0.2, -0.15) is 0 Å². The van der Waals surface area contributed by atoms with Crippen LogP contribution in [-0.2, 0) is 16.1 Å². The first-order valence-electron chi connectivity index (χ1n) is 11.5. The average Bonchev–Trinajstić information content (AvgIpc) is 3.46. The molecule has 0 spiro atoms. The standard InChI is InChI=1S/C26H27N3O6/c1-2-3-12-21(25(31)32)29-24(30)23-22(35-15-28-23)13-27-26(33)34-14-20-18-10-6-4-8-16(18)17-9-5-7-11-19(17)20/h4-11,15,20-21H,2-3,12-14H2,1H3,(H,27,33)(H,29,30)(H,31,32)/t21-/m0/s1. The van der Waals surface area contributed by atoms with Gasteiger partial charge in [0, 0.05) is 5.92 Å². The number of carboxylic acids is 1. The van der Waals surface area contributed by atoms with Gasteiger partial charge in [0.15, 0.2) is 17.8 Å². The minimum Gasteiger partial charge on any atom is -0.480 e. The van der Waals surface area contributed by atoms with Crippen LogP contribution < -0.4 is 10.6 Å². The SMILES string of the molecule is CCCC[C@H](NC(=O)c1ncoc1CNC(=O)OCC1c2ccccc2-c2ccccc21)C(=O)O. The molecule has 1 atom stereocenters. The van der Waals surface area contributed by atoms with E-state index in [2.05, 4.69) is 27.8 Å². The molecule has 0 saturated heterocycles. The summed E-state index contributed by atoms with van der Waals surface area (Å²) in [6, 6.07) is 15.1. The number of fused-ring (bicyclic) bond motifs is 3. The fourth-order valence-corrected chi connectivity index (χ4v) is 4.28. The highest BCUT2D eigenvalue weighted by atomic mass is 16.5.